The molecule has 0 bridgehead atoms. The first-order valence-electron chi connectivity index (χ1n) is 9.15. The second-order valence-corrected chi connectivity index (χ2v) is 7.38. The van der Waals surface area contributed by atoms with Gasteiger partial charge in [-0.1, -0.05) is 11.6 Å². The molecule has 1 unspecified atom stereocenters. The first kappa shape index (κ1) is 17.8. The highest BCUT2D eigenvalue weighted by atomic mass is 35.5. The predicted molar refractivity (Wildman–Crippen MR) is 105 cm³/mol. The van der Waals surface area contributed by atoms with Crippen molar-refractivity contribution in [3.63, 3.8) is 0 Å². The second-order valence-electron chi connectivity index (χ2n) is 6.94. The molecule has 4 aromatic rings. The molecule has 0 radical (unpaired) electrons. The van der Waals surface area contributed by atoms with Crippen LogP contribution in [-0.2, 0) is 6.54 Å². The monoisotopic (exact) mass is 410 g/mol. The Morgan fingerprint density at radius 2 is 2.10 bits per heavy atom. The summed E-state index contributed by atoms with van der Waals surface area (Å²) in [5, 5.41) is 4.90. The molecule has 146 valence electrons. The van der Waals surface area contributed by atoms with Crippen LogP contribution in [0, 0.1) is 5.95 Å². The van der Waals surface area contributed by atoms with Gasteiger partial charge in [-0.3, -0.25) is 4.79 Å². The molecular weight excluding hydrogens is 395 g/mol. The Balaban J connectivity index is 1.46. The van der Waals surface area contributed by atoms with Gasteiger partial charge in [-0.05, 0) is 37.3 Å². The van der Waals surface area contributed by atoms with Crippen molar-refractivity contribution in [2.24, 2.45) is 0 Å². The number of carbonyl (C=O) groups excluding carboxylic acids is 1. The molecule has 4 aromatic heterocycles. The number of fused-ring (bicyclic) bond motifs is 2. The fraction of sp³-hybridized carbons (Fsp3) is 0.200. The Bertz CT molecular complexity index is 1250. The molecule has 0 aliphatic carbocycles. The molecule has 0 N–H and O–H groups in total. The van der Waals surface area contributed by atoms with Crippen molar-refractivity contribution in [3.8, 4) is 11.3 Å². The number of aromatic nitrogens is 5. The fourth-order valence-electron chi connectivity index (χ4n) is 3.69. The average Bonchev–Trinajstić information content (AvgIpc) is 3.32. The molecule has 5 rings (SSSR count). The van der Waals surface area contributed by atoms with Gasteiger partial charge in [0.25, 0.3) is 5.91 Å². The summed E-state index contributed by atoms with van der Waals surface area (Å²) in [5.41, 5.74) is 1.99. The van der Waals surface area contributed by atoms with Crippen LogP contribution in [0.15, 0.2) is 48.9 Å². The van der Waals surface area contributed by atoms with Gasteiger partial charge in [-0.2, -0.15) is 9.49 Å². The lowest BCUT2D eigenvalue weighted by Crippen LogP contribution is -2.41. The van der Waals surface area contributed by atoms with Crippen LogP contribution in [0.5, 0.6) is 0 Å². The minimum absolute atomic E-state index is 0.180. The van der Waals surface area contributed by atoms with E-state index in [0.29, 0.717) is 40.9 Å². The highest BCUT2D eigenvalue weighted by molar-refractivity contribution is 6.30. The van der Waals surface area contributed by atoms with Gasteiger partial charge in [0.2, 0.25) is 5.95 Å². The van der Waals surface area contributed by atoms with Crippen LogP contribution < -0.4 is 0 Å². The van der Waals surface area contributed by atoms with Crippen molar-refractivity contribution in [3.05, 3.63) is 71.4 Å². The Morgan fingerprint density at radius 1 is 1.24 bits per heavy atom. The van der Waals surface area contributed by atoms with Gasteiger partial charge in [-0.15, -0.1) is 0 Å². The summed E-state index contributed by atoms with van der Waals surface area (Å²) in [6.07, 6.45) is 4.87. The van der Waals surface area contributed by atoms with E-state index < -0.39 is 5.95 Å². The van der Waals surface area contributed by atoms with Crippen LogP contribution in [0.3, 0.4) is 0 Å². The summed E-state index contributed by atoms with van der Waals surface area (Å²) < 4.78 is 17.6. The smallest absolute Gasteiger partial charge is 0.275 e. The van der Waals surface area contributed by atoms with Crippen molar-refractivity contribution >= 4 is 23.0 Å². The number of hydrogen-bond donors (Lipinski definition) is 0. The molecule has 5 heterocycles. The minimum Gasteiger partial charge on any atom is -0.331 e. The fourth-order valence-corrected chi connectivity index (χ4v) is 3.84. The van der Waals surface area contributed by atoms with E-state index in [1.165, 1.54) is 6.20 Å². The lowest BCUT2D eigenvalue weighted by molar-refractivity contribution is 0.0631. The Hall–Kier alpha value is -3.26. The van der Waals surface area contributed by atoms with E-state index >= 15 is 0 Å². The van der Waals surface area contributed by atoms with E-state index in [1.54, 1.807) is 46.1 Å². The maximum atomic E-state index is 14.0. The van der Waals surface area contributed by atoms with Crippen LogP contribution >= 0.6 is 11.6 Å². The maximum absolute atomic E-state index is 14.0. The third kappa shape index (κ3) is 2.96. The van der Waals surface area contributed by atoms with E-state index in [4.69, 9.17) is 11.6 Å². The molecule has 0 spiro atoms. The van der Waals surface area contributed by atoms with Crippen molar-refractivity contribution in [1.82, 2.24) is 29.0 Å². The molecular formula is C20H16ClFN6O. The summed E-state index contributed by atoms with van der Waals surface area (Å²) in [7, 11) is 0. The van der Waals surface area contributed by atoms with Crippen molar-refractivity contribution in [2.45, 2.75) is 19.5 Å². The van der Waals surface area contributed by atoms with Crippen LogP contribution in [0.2, 0.25) is 5.02 Å². The van der Waals surface area contributed by atoms with E-state index in [2.05, 4.69) is 15.1 Å². The summed E-state index contributed by atoms with van der Waals surface area (Å²) >= 11 is 6.00. The third-order valence-corrected chi connectivity index (χ3v) is 5.39. The van der Waals surface area contributed by atoms with Gasteiger partial charge in [0.05, 0.1) is 27.8 Å². The second kappa shape index (κ2) is 6.66. The Kier molecular flexibility index (Phi) is 4.09. The van der Waals surface area contributed by atoms with Crippen molar-refractivity contribution < 1.29 is 9.18 Å². The molecule has 1 aliphatic rings. The summed E-state index contributed by atoms with van der Waals surface area (Å²) in [5.74, 6) is -0.0396. The van der Waals surface area contributed by atoms with Gasteiger partial charge in [0, 0.05) is 31.7 Å². The van der Waals surface area contributed by atoms with E-state index in [9.17, 15) is 9.18 Å². The molecule has 1 aliphatic heterocycles. The molecule has 1 amide bonds. The topological polar surface area (TPSA) is 68.3 Å². The molecule has 0 saturated carbocycles. The maximum Gasteiger partial charge on any atom is 0.275 e. The van der Waals surface area contributed by atoms with E-state index in [-0.39, 0.29) is 11.9 Å². The van der Waals surface area contributed by atoms with Crippen LogP contribution in [0.1, 0.15) is 29.3 Å². The molecule has 0 saturated heterocycles. The number of nitrogens with zero attached hydrogens (tertiary/aromatic N) is 6. The van der Waals surface area contributed by atoms with Gasteiger partial charge in [-0.25, -0.2) is 14.5 Å². The quantitative estimate of drug-likeness (QED) is 0.473. The SMILES string of the molecule is CC1c2nc(-c3cccnc3F)cn2CCN1C(=O)c1cc2ccc(Cl)cn2n1. The summed E-state index contributed by atoms with van der Waals surface area (Å²) in [6, 6.07) is 8.35. The highest BCUT2D eigenvalue weighted by Gasteiger charge is 2.32. The molecule has 29 heavy (non-hydrogen) atoms. The molecule has 0 fully saturated rings. The number of hydrogen-bond acceptors (Lipinski definition) is 4. The zero-order chi connectivity index (χ0) is 20.1. The van der Waals surface area contributed by atoms with Crippen LogP contribution in [0.4, 0.5) is 4.39 Å². The molecule has 7 nitrogen and oxygen atoms in total. The van der Waals surface area contributed by atoms with Crippen molar-refractivity contribution in [2.75, 3.05) is 6.54 Å². The lowest BCUT2D eigenvalue weighted by atomic mass is 10.2. The zero-order valence-corrected chi connectivity index (χ0v) is 16.2. The normalized spacial score (nSPS) is 16.2. The van der Waals surface area contributed by atoms with Gasteiger partial charge in [0.15, 0.2) is 5.69 Å². The highest BCUT2D eigenvalue weighted by Crippen LogP contribution is 2.30. The first-order valence-corrected chi connectivity index (χ1v) is 9.53. The summed E-state index contributed by atoms with van der Waals surface area (Å²) in [4.78, 5) is 23.1. The van der Waals surface area contributed by atoms with Gasteiger partial charge < -0.3 is 9.47 Å². The largest absolute Gasteiger partial charge is 0.331 e. The number of imidazole rings is 1. The summed E-state index contributed by atoms with van der Waals surface area (Å²) in [6.45, 7) is 2.98. The Morgan fingerprint density at radius 3 is 2.93 bits per heavy atom. The van der Waals surface area contributed by atoms with Crippen LogP contribution in [-0.4, -0.2) is 41.5 Å². The van der Waals surface area contributed by atoms with E-state index in [0.717, 1.165) is 5.52 Å². The number of rotatable bonds is 2. The number of pyridine rings is 2. The van der Waals surface area contributed by atoms with Gasteiger partial charge in [0.1, 0.15) is 5.82 Å². The zero-order valence-electron chi connectivity index (χ0n) is 15.5. The third-order valence-electron chi connectivity index (χ3n) is 5.17. The lowest BCUT2D eigenvalue weighted by Gasteiger charge is -2.33. The molecule has 9 heteroatoms. The number of carbonyl (C=O) groups is 1. The number of amides is 1. The van der Waals surface area contributed by atoms with E-state index in [1.807, 2.05) is 17.6 Å². The van der Waals surface area contributed by atoms with Crippen LogP contribution in [0.25, 0.3) is 16.8 Å². The van der Waals surface area contributed by atoms with Gasteiger partial charge >= 0.3 is 0 Å². The minimum atomic E-state index is -0.563. The Labute approximate surface area is 170 Å². The van der Waals surface area contributed by atoms with Crippen molar-refractivity contribution in [1.29, 1.82) is 0 Å². The predicted octanol–water partition coefficient (Wildman–Crippen LogP) is 3.60. The number of halogens is 2. The molecule has 1 atom stereocenters. The first-order chi connectivity index (χ1) is 14.0. The standard InChI is InChI=1S/C20H16ClFN6O/c1-12-19-24-17(15-3-2-6-23-18(15)22)11-26(19)7-8-27(12)20(29)16-9-14-5-4-13(21)10-28(14)25-16/h2-6,9-12H,7-8H2,1H3. The average molecular weight is 411 g/mol. The molecule has 0 aromatic carbocycles.